The van der Waals surface area contributed by atoms with E-state index in [0.717, 1.165) is 11.1 Å². The fraction of sp³-hybridized carbons (Fsp3) is 0.333. The Labute approximate surface area is 186 Å². The Kier molecular flexibility index (Phi) is 6.41. The normalized spacial score (nSPS) is 19.4. The smallest absolute Gasteiger partial charge is 0.338 e. The molecule has 1 fully saturated rings. The van der Waals surface area contributed by atoms with Crippen molar-refractivity contribution in [2.24, 2.45) is 0 Å². The zero-order valence-electron chi connectivity index (χ0n) is 18.2. The number of ether oxygens (including phenoxy) is 1. The highest BCUT2D eigenvalue weighted by Gasteiger charge is 2.34. The molecule has 2 aromatic carbocycles. The van der Waals surface area contributed by atoms with Gasteiger partial charge in [-0.2, -0.15) is 0 Å². The van der Waals surface area contributed by atoms with Crippen LogP contribution in [0.1, 0.15) is 17.2 Å². The van der Waals surface area contributed by atoms with Gasteiger partial charge in [0.05, 0.1) is 24.4 Å². The van der Waals surface area contributed by atoms with Gasteiger partial charge < -0.3 is 20.3 Å². The number of amides is 2. The van der Waals surface area contributed by atoms with E-state index in [2.05, 4.69) is 15.5 Å². The standard InChI is InChI=1S/C24H27FN4O3/c1-16-7-9-17(10-8-16)22-21(23(30)32-2)19(26-24(31)27-22)15-28-11-13-29(14-12-28)20-6-4-3-5-18(20)25/h3-10,22H,11-15H2,1-2H3,(H2,26,27,31)/t22-/m1/s1. The predicted molar refractivity (Wildman–Crippen MR) is 120 cm³/mol. The molecule has 0 spiro atoms. The lowest BCUT2D eigenvalue weighted by molar-refractivity contribution is -0.136. The molecule has 0 aromatic heterocycles. The van der Waals surface area contributed by atoms with Crippen molar-refractivity contribution in [3.63, 3.8) is 0 Å². The number of benzene rings is 2. The largest absolute Gasteiger partial charge is 0.466 e. The van der Waals surface area contributed by atoms with Crippen molar-refractivity contribution in [1.82, 2.24) is 15.5 Å². The van der Waals surface area contributed by atoms with Crippen LogP contribution in [0.4, 0.5) is 14.9 Å². The van der Waals surface area contributed by atoms with E-state index < -0.39 is 12.0 Å². The maximum absolute atomic E-state index is 14.1. The molecule has 2 N–H and O–H groups in total. The predicted octanol–water partition coefficient (Wildman–Crippen LogP) is 2.74. The van der Waals surface area contributed by atoms with Gasteiger partial charge in [-0.1, -0.05) is 42.0 Å². The Hall–Kier alpha value is -3.39. The second-order valence-electron chi connectivity index (χ2n) is 8.04. The van der Waals surface area contributed by atoms with E-state index >= 15 is 0 Å². The lowest BCUT2D eigenvalue weighted by Gasteiger charge is -2.38. The summed E-state index contributed by atoms with van der Waals surface area (Å²) >= 11 is 0. The average Bonchev–Trinajstić information content (AvgIpc) is 2.80. The summed E-state index contributed by atoms with van der Waals surface area (Å²) < 4.78 is 19.2. The van der Waals surface area contributed by atoms with Gasteiger partial charge in [0.2, 0.25) is 0 Å². The van der Waals surface area contributed by atoms with Crippen molar-refractivity contribution in [2.75, 3.05) is 44.7 Å². The van der Waals surface area contributed by atoms with E-state index in [1.165, 1.54) is 13.2 Å². The number of nitrogens with zero attached hydrogens (tertiary/aromatic N) is 2. The summed E-state index contributed by atoms with van der Waals surface area (Å²) in [6, 6.07) is 13.5. The number of para-hydroxylation sites is 1. The first kappa shape index (κ1) is 21.8. The van der Waals surface area contributed by atoms with E-state index in [4.69, 9.17) is 4.74 Å². The third-order valence-electron chi connectivity index (χ3n) is 5.92. The second-order valence-corrected chi connectivity index (χ2v) is 8.04. The Morgan fingerprint density at radius 1 is 1.09 bits per heavy atom. The van der Waals surface area contributed by atoms with Crippen molar-refractivity contribution >= 4 is 17.7 Å². The number of carbonyl (C=O) groups is 2. The van der Waals surface area contributed by atoms with Crippen molar-refractivity contribution < 1.29 is 18.7 Å². The van der Waals surface area contributed by atoms with Gasteiger partial charge in [0.1, 0.15) is 5.82 Å². The van der Waals surface area contributed by atoms with Crippen LogP contribution in [0.2, 0.25) is 0 Å². The van der Waals surface area contributed by atoms with E-state index in [1.807, 2.05) is 42.2 Å². The first-order valence-corrected chi connectivity index (χ1v) is 10.6. The molecule has 0 unspecified atom stereocenters. The number of rotatable bonds is 5. The molecule has 7 nitrogen and oxygen atoms in total. The van der Waals surface area contributed by atoms with Gasteiger partial charge in [0, 0.05) is 38.4 Å². The highest BCUT2D eigenvalue weighted by atomic mass is 19.1. The summed E-state index contributed by atoms with van der Waals surface area (Å²) in [5.41, 5.74) is 3.42. The first-order chi connectivity index (χ1) is 15.5. The Morgan fingerprint density at radius 2 is 1.78 bits per heavy atom. The van der Waals surface area contributed by atoms with Crippen LogP contribution in [0, 0.1) is 12.7 Å². The number of carbonyl (C=O) groups excluding carboxylic acids is 2. The summed E-state index contributed by atoms with van der Waals surface area (Å²) in [7, 11) is 1.34. The molecule has 0 saturated carbocycles. The van der Waals surface area contributed by atoms with Crippen LogP contribution in [0.5, 0.6) is 0 Å². The van der Waals surface area contributed by atoms with Crippen LogP contribution in [-0.4, -0.2) is 56.7 Å². The molecule has 4 rings (SSSR count). The van der Waals surface area contributed by atoms with Crippen molar-refractivity contribution in [3.05, 3.63) is 76.7 Å². The number of urea groups is 1. The lowest BCUT2D eigenvalue weighted by atomic mass is 9.94. The molecule has 2 aliphatic rings. The lowest BCUT2D eigenvalue weighted by Crippen LogP contribution is -2.51. The molecule has 32 heavy (non-hydrogen) atoms. The number of anilines is 1. The fourth-order valence-electron chi connectivity index (χ4n) is 4.18. The topological polar surface area (TPSA) is 73.9 Å². The van der Waals surface area contributed by atoms with Crippen LogP contribution < -0.4 is 15.5 Å². The van der Waals surface area contributed by atoms with Gasteiger partial charge in [-0.3, -0.25) is 4.90 Å². The molecule has 2 aromatic rings. The summed E-state index contributed by atoms with van der Waals surface area (Å²) in [6.45, 7) is 5.01. The minimum atomic E-state index is -0.591. The van der Waals surface area contributed by atoms with Crippen molar-refractivity contribution in [2.45, 2.75) is 13.0 Å². The molecule has 168 valence electrons. The summed E-state index contributed by atoms with van der Waals surface area (Å²) in [5, 5.41) is 5.65. The van der Waals surface area contributed by atoms with E-state index in [-0.39, 0.29) is 11.8 Å². The SMILES string of the molecule is COC(=O)C1=C(CN2CCN(c3ccccc3F)CC2)NC(=O)N[C@@H]1c1ccc(C)cc1. The van der Waals surface area contributed by atoms with Crippen LogP contribution in [0.25, 0.3) is 0 Å². The minimum absolute atomic E-state index is 0.233. The minimum Gasteiger partial charge on any atom is -0.466 e. The van der Waals surface area contributed by atoms with Crippen LogP contribution in [-0.2, 0) is 9.53 Å². The van der Waals surface area contributed by atoms with Gasteiger partial charge >= 0.3 is 12.0 Å². The quantitative estimate of drug-likeness (QED) is 0.703. The maximum atomic E-state index is 14.1. The van der Waals surface area contributed by atoms with Crippen molar-refractivity contribution in [1.29, 1.82) is 0 Å². The van der Waals surface area contributed by atoms with Gasteiger partial charge in [-0.15, -0.1) is 0 Å². The number of nitrogens with one attached hydrogen (secondary N) is 2. The Bertz CT molecular complexity index is 1030. The zero-order valence-corrected chi connectivity index (χ0v) is 18.2. The molecule has 1 saturated heterocycles. The molecule has 0 radical (unpaired) electrons. The molecular weight excluding hydrogens is 411 g/mol. The Morgan fingerprint density at radius 3 is 2.44 bits per heavy atom. The number of esters is 1. The van der Waals surface area contributed by atoms with Gasteiger partial charge in [-0.05, 0) is 24.6 Å². The molecule has 0 aliphatic carbocycles. The second kappa shape index (κ2) is 9.40. The van der Waals surface area contributed by atoms with Crippen molar-refractivity contribution in [3.8, 4) is 0 Å². The molecule has 0 bridgehead atoms. The number of halogens is 1. The Balaban J connectivity index is 1.55. The third kappa shape index (κ3) is 4.60. The van der Waals surface area contributed by atoms with Crippen LogP contribution >= 0.6 is 0 Å². The van der Waals surface area contributed by atoms with Gasteiger partial charge in [-0.25, -0.2) is 14.0 Å². The molecule has 2 aliphatic heterocycles. The zero-order chi connectivity index (χ0) is 22.7. The maximum Gasteiger partial charge on any atom is 0.338 e. The molecule has 2 amide bonds. The van der Waals surface area contributed by atoms with Gasteiger partial charge in [0.15, 0.2) is 0 Å². The first-order valence-electron chi connectivity index (χ1n) is 10.6. The van der Waals surface area contributed by atoms with Crippen LogP contribution in [0.3, 0.4) is 0 Å². The number of hydrogen-bond acceptors (Lipinski definition) is 5. The molecule has 2 heterocycles. The number of aryl methyl sites for hydroxylation is 1. The summed E-state index contributed by atoms with van der Waals surface area (Å²) in [5.74, 6) is -0.716. The highest BCUT2D eigenvalue weighted by molar-refractivity contribution is 5.95. The fourth-order valence-corrected chi connectivity index (χ4v) is 4.18. The molecule has 1 atom stereocenters. The number of methoxy groups -OCH3 is 1. The van der Waals surface area contributed by atoms with Gasteiger partial charge in [0.25, 0.3) is 0 Å². The van der Waals surface area contributed by atoms with Crippen LogP contribution in [0.15, 0.2) is 59.8 Å². The third-order valence-corrected chi connectivity index (χ3v) is 5.92. The highest BCUT2D eigenvalue weighted by Crippen LogP contribution is 2.29. The molecular formula is C24H27FN4O3. The molecule has 8 heteroatoms. The summed E-state index contributed by atoms with van der Waals surface area (Å²) in [6.07, 6.45) is 0. The average molecular weight is 439 g/mol. The van der Waals surface area contributed by atoms with E-state index in [1.54, 1.807) is 12.1 Å². The monoisotopic (exact) mass is 438 g/mol. The number of hydrogen-bond donors (Lipinski definition) is 2. The van der Waals surface area contributed by atoms with E-state index in [9.17, 15) is 14.0 Å². The van der Waals surface area contributed by atoms with E-state index in [0.29, 0.717) is 49.7 Å². The number of piperazine rings is 1. The summed E-state index contributed by atoms with van der Waals surface area (Å²) in [4.78, 5) is 29.3.